The molecule has 0 aliphatic carbocycles. The molecule has 1 atom stereocenters. The van der Waals surface area contributed by atoms with E-state index in [2.05, 4.69) is 19.2 Å². The zero-order chi connectivity index (χ0) is 14.4. The van der Waals surface area contributed by atoms with Crippen LogP contribution in [0.2, 0.25) is 0 Å². The molecule has 1 unspecified atom stereocenters. The number of nitrogens with two attached hydrogens (primary N) is 1. The van der Waals surface area contributed by atoms with Gasteiger partial charge in [-0.25, -0.2) is 4.79 Å². The highest BCUT2D eigenvalue weighted by molar-refractivity contribution is 5.92. The van der Waals surface area contributed by atoms with Gasteiger partial charge >= 0.3 is 5.97 Å². The lowest BCUT2D eigenvalue weighted by Crippen LogP contribution is -2.27. The highest BCUT2D eigenvalue weighted by Gasteiger charge is 2.14. The van der Waals surface area contributed by atoms with E-state index in [0.29, 0.717) is 23.9 Å². The Hall–Kier alpha value is -1.55. The van der Waals surface area contributed by atoms with Crippen LogP contribution in [0.5, 0.6) is 0 Å². The summed E-state index contributed by atoms with van der Waals surface area (Å²) in [6.07, 6.45) is 0. The summed E-state index contributed by atoms with van der Waals surface area (Å²) >= 11 is 0. The molecular weight excluding hydrogens is 240 g/mol. The summed E-state index contributed by atoms with van der Waals surface area (Å²) in [5, 5.41) is 3.38. The van der Waals surface area contributed by atoms with Crippen LogP contribution in [-0.2, 0) is 4.74 Å². The maximum atomic E-state index is 11.6. The van der Waals surface area contributed by atoms with Crippen molar-refractivity contribution in [3.05, 3.63) is 29.3 Å². The zero-order valence-corrected chi connectivity index (χ0v) is 12.2. The van der Waals surface area contributed by atoms with E-state index in [1.807, 2.05) is 19.1 Å². The third kappa shape index (κ3) is 3.96. The van der Waals surface area contributed by atoms with Crippen molar-refractivity contribution in [3.8, 4) is 0 Å². The monoisotopic (exact) mass is 264 g/mol. The van der Waals surface area contributed by atoms with Crippen LogP contribution in [0, 0.1) is 18.8 Å². The van der Waals surface area contributed by atoms with Gasteiger partial charge in [0, 0.05) is 12.2 Å². The van der Waals surface area contributed by atoms with Crippen LogP contribution in [0.1, 0.15) is 29.8 Å². The van der Waals surface area contributed by atoms with Crippen molar-refractivity contribution in [2.45, 2.75) is 20.8 Å². The third-order valence-electron chi connectivity index (χ3n) is 3.54. The number of anilines is 1. The van der Waals surface area contributed by atoms with Gasteiger partial charge in [0.05, 0.1) is 12.7 Å². The van der Waals surface area contributed by atoms with Gasteiger partial charge < -0.3 is 15.8 Å². The maximum Gasteiger partial charge on any atom is 0.338 e. The second-order valence-electron chi connectivity index (χ2n) is 5.09. The molecule has 0 aliphatic heterocycles. The summed E-state index contributed by atoms with van der Waals surface area (Å²) in [6.45, 7) is 7.70. The first-order valence-electron chi connectivity index (χ1n) is 6.63. The summed E-state index contributed by atoms with van der Waals surface area (Å²) in [6, 6.07) is 5.60. The Bertz CT molecular complexity index is 430. The van der Waals surface area contributed by atoms with Crippen molar-refractivity contribution in [2.75, 3.05) is 25.5 Å². The second kappa shape index (κ2) is 7.14. The average molecular weight is 264 g/mol. The van der Waals surface area contributed by atoms with Gasteiger partial charge in [0.1, 0.15) is 0 Å². The number of hydrogen-bond donors (Lipinski definition) is 2. The van der Waals surface area contributed by atoms with E-state index in [9.17, 15) is 4.79 Å². The summed E-state index contributed by atoms with van der Waals surface area (Å²) < 4.78 is 4.77. The van der Waals surface area contributed by atoms with E-state index in [1.165, 1.54) is 7.11 Å². The molecule has 4 heteroatoms. The molecule has 19 heavy (non-hydrogen) atoms. The highest BCUT2D eigenvalue weighted by atomic mass is 16.5. The van der Waals surface area contributed by atoms with E-state index < -0.39 is 0 Å². The number of benzene rings is 1. The first kappa shape index (κ1) is 15.5. The Morgan fingerprint density at radius 1 is 1.42 bits per heavy atom. The lowest BCUT2D eigenvalue weighted by atomic mass is 9.95. The first-order chi connectivity index (χ1) is 9.01. The first-order valence-corrected chi connectivity index (χ1v) is 6.63. The van der Waals surface area contributed by atoms with Crippen molar-refractivity contribution in [3.63, 3.8) is 0 Å². The Morgan fingerprint density at radius 2 is 2.11 bits per heavy atom. The Morgan fingerprint density at radius 3 is 2.63 bits per heavy atom. The summed E-state index contributed by atoms with van der Waals surface area (Å²) in [5.41, 5.74) is 8.23. The molecular formula is C15H24N2O2. The number of carbonyl (C=O) groups is 1. The molecule has 0 heterocycles. The molecule has 0 aliphatic rings. The molecule has 1 aromatic rings. The molecule has 0 amide bonds. The van der Waals surface area contributed by atoms with E-state index in [0.717, 1.165) is 17.8 Å². The van der Waals surface area contributed by atoms with Crippen LogP contribution in [0.4, 0.5) is 5.69 Å². The molecule has 0 bridgehead atoms. The quantitative estimate of drug-likeness (QED) is 0.775. The Balaban J connectivity index is 2.82. The topological polar surface area (TPSA) is 64.3 Å². The number of rotatable bonds is 6. The number of carbonyl (C=O) groups excluding carboxylic acids is 1. The number of methoxy groups -OCH3 is 1. The fourth-order valence-corrected chi connectivity index (χ4v) is 1.99. The van der Waals surface area contributed by atoms with Gasteiger partial charge in [-0.1, -0.05) is 19.9 Å². The van der Waals surface area contributed by atoms with Gasteiger partial charge in [0.15, 0.2) is 0 Å². The minimum Gasteiger partial charge on any atom is -0.465 e. The predicted octanol–water partition coefficient (Wildman–Crippen LogP) is 2.42. The standard InChI is InChI=1S/C15H24N2O2/c1-10(2)12(8-16)9-17-14-7-5-6-13(11(14)3)15(18)19-4/h5-7,10,12,17H,8-9,16H2,1-4H3. The lowest BCUT2D eigenvalue weighted by molar-refractivity contribution is 0.0600. The minimum atomic E-state index is -0.305. The predicted molar refractivity (Wildman–Crippen MR) is 78.4 cm³/mol. The number of esters is 1. The van der Waals surface area contributed by atoms with Gasteiger partial charge in [0.2, 0.25) is 0 Å². The molecule has 0 fully saturated rings. The molecule has 0 radical (unpaired) electrons. The molecule has 0 spiro atoms. The highest BCUT2D eigenvalue weighted by Crippen LogP contribution is 2.20. The normalized spacial score (nSPS) is 12.3. The van der Waals surface area contributed by atoms with Gasteiger partial charge in [-0.3, -0.25) is 0 Å². The van der Waals surface area contributed by atoms with Crippen LogP contribution < -0.4 is 11.1 Å². The van der Waals surface area contributed by atoms with Gasteiger partial charge in [0.25, 0.3) is 0 Å². The number of nitrogens with one attached hydrogen (secondary N) is 1. The van der Waals surface area contributed by atoms with Crippen molar-refractivity contribution >= 4 is 11.7 Å². The van der Waals surface area contributed by atoms with E-state index in [4.69, 9.17) is 10.5 Å². The van der Waals surface area contributed by atoms with Crippen molar-refractivity contribution in [1.82, 2.24) is 0 Å². The van der Waals surface area contributed by atoms with Crippen LogP contribution in [0.15, 0.2) is 18.2 Å². The van der Waals surface area contributed by atoms with Gasteiger partial charge in [-0.2, -0.15) is 0 Å². The number of hydrogen-bond acceptors (Lipinski definition) is 4. The molecule has 0 aromatic heterocycles. The molecule has 4 nitrogen and oxygen atoms in total. The molecule has 1 aromatic carbocycles. The fraction of sp³-hybridized carbons (Fsp3) is 0.533. The maximum absolute atomic E-state index is 11.6. The van der Waals surface area contributed by atoms with Gasteiger partial charge in [-0.05, 0) is 43.0 Å². The molecule has 1 rings (SSSR count). The Labute approximate surface area is 115 Å². The molecule has 3 N–H and O–H groups in total. The van der Waals surface area contributed by atoms with E-state index in [1.54, 1.807) is 6.07 Å². The molecule has 0 saturated carbocycles. The smallest absolute Gasteiger partial charge is 0.338 e. The summed E-state index contributed by atoms with van der Waals surface area (Å²) in [7, 11) is 1.39. The third-order valence-corrected chi connectivity index (χ3v) is 3.54. The SMILES string of the molecule is COC(=O)c1cccc(NCC(CN)C(C)C)c1C. The summed E-state index contributed by atoms with van der Waals surface area (Å²) in [5.74, 6) is 0.642. The second-order valence-corrected chi connectivity index (χ2v) is 5.09. The Kier molecular flexibility index (Phi) is 5.83. The minimum absolute atomic E-state index is 0.305. The fourth-order valence-electron chi connectivity index (χ4n) is 1.99. The van der Waals surface area contributed by atoms with Crippen molar-refractivity contribution < 1.29 is 9.53 Å². The average Bonchev–Trinajstić information content (AvgIpc) is 2.40. The zero-order valence-electron chi connectivity index (χ0n) is 12.2. The van der Waals surface area contributed by atoms with Crippen molar-refractivity contribution in [1.29, 1.82) is 0 Å². The van der Waals surface area contributed by atoms with Crippen LogP contribution in [0.3, 0.4) is 0 Å². The van der Waals surface area contributed by atoms with Crippen molar-refractivity contribution in [2.24, 2.45) is 17.6 Å². The number of ether oxygens (including phenoxy) is 1. The van der Waals surface area contributed by atoms with Gasteiger partial charge in [-0.15, -0.1) is 0 Å². The largest absolute Gasteiger partial charge is 0.465 e. The van der Waals surface area contributed by atoms with Crippen LogP contribution in [0.25, 0.3) is 0 Å². The lowest BCUT2D eigenvalue weighted by Gasteiger charge is -2.21. The van der Waals surface area contributed by atoms with E-state index in [-0.39, 0.29) is 5.97 Å². The summed E-state index contributed by atoms with van der Waals surface area (Å²) in [4.78, 5) is 11.6. The molecule has 0 saturated heterocycles. The van der Waals surface area contributed by atoms with Crippen LogP contribution in [-0.4, -0.2) is 26.2 Å². The van der Waals surface area contributed by atoms with Crippen LogP contribution >= 0.6 is 0 Å². The molecule has 106 valence electrons. The van der Waals surface area contributed by atoms with E-state index >= 15 is 0 Å².